The molecule has 1 heterocycles. The molecule has 0 radical (unpaired) electrons. The minimum absolute atomic E-state index is 0.192. The lowest BCUT2D eigenvalue weighted by Crippen LogP contribution is -2.49. The average molecular weight is 310 g/mol. The lowest BCUT2D eigenvalue weighted by molar-refractivity contribution is 0.0828. The van der Waals surface area contributed by atoms with E-state index in [1.165, 1.54) is 6.07 Å². The summed E-state index contributed by atoms with van der Waals surface area (Å²) in [5.41, 5.74) is 0. The molecule has 2 rings (SSSR count). The molecular weight excluding hydrogens is 287 g/mol. The van der Waals surface area contributed by atoms with Crippen molar-refractivity contribution in [2.24, 2.45) is 0 Å². The number of nitrogens with zero attached hydrogens (tertiary/aromatic N) is 1. The number of para-hydroxylation sites is 1. The maximum absolute atomic E-state index is 13.6. The first kappa shape index (κ1) is 16.5. The lowest BCUT2D eigenvalue weighted by atomic mass is 10.1. The minimum Gasteiger partial charge on any atom is -0.486 e. The number of carbonyl (C=O) groups excluding carboxylic acids is 1. The van der Waals surface area contributed by atoms with Gasteiger partial charge in [0.25, 0.3) is 0 Å². The first-order valence-electron chi connectivity index (χ1n) is 7.72. The quantitative estimate of drug-likeness (QED) is 0.876. The van der Waals surface area contributed by atoms with Crippen LogP contribution in [0.4, 0.5) is 9.18 Å². The van der Waals surface area contributed by atoms with Gasteiger partial charge < -0.3 is 20.1 Å². The monoisotopic (exact) mass is 310 g/mol. The number of piperidine rings is 1. The van der Waals surface area contributed by atoms with Crippen molar-refractivity contribution < 1.29 is 19.0 Å². The Bertz CT molecular complexity index is 498. The molecule has 2 amide bonds. The number of likely N-dealkylation sites (tertiary alicyclic amines) is 1. The second-order valence-corrected chi connectivity index (χ2v) is 5.51. The zero-order valence-electron chi connectivity index (χ0n) is 12.8. The SMILES string of the molecule is CCC(CNC(=O)N1CCCC(O)C1)Oc1ccccc1F. The zero-order chi connectivity index (χ0) is 15.9. The van der Waals surface area contributed by atoms with Crippen LogP contribution < -0.4 is 10.1 Å². The fraction of sp³-hybridized carbons (Fsp3) is 0.562. The Kier molecular flexibility index (Phi) is 6.00. The van der Waals surface area contributed by atoms with Crippen LogP contribution in [0.3, 0.4) is 0 Å². The molecule has 22 heavy (non-hydrogen) atoms. The van der Waals surface area contributed by atoms with Crippen LogP contribution in [0, 0.1) is 5.82 Å². The topological polar surface area (TPSA) is 61.8 Å². The van der Waals surface area contributed by atoms with E-state index in [-0.39, 0.29) is 17.9 Å². The largest absolute Gasteiger partial charge is 0.486 e. The highest BCUT2D eigenvalue weighted by Crippen LogP contribution is 2.18. The number of benzene rings is 1. The van der Waals surface area contributed by atoms with Gasteiger partial charge in [0.2, 0.25) is 0 Å². The molecule has 1 aromatic carbocycles. The molecule has 2 unspecified atom stereocenters. The van der Waals surface area contributed by atoms with Crippen LogP contribution >= 0.6 is 0 Å². The molecule has 122 valence electrons. The van der Waals surface area contributed by atoms with E-state index < -0.39 is 11.9 Å². The van der Waals surface area contributed by atoms with Crippen LogP contribution in [-0.4, -0.2) is 47.9 Å². The van der Waals surface area contributed by atoms with Crippen molar-refractivity contribution in [2.45, 2.75) is 38.4 Å². The van der Waals surface area contributed by atoms with E-state index in [4.69, 9.17) is 4.74 Å². The third-order valence-corrected chi connectivity index (χ3v) is 3.75. The standard InChI is InChI=1S/C16H23FN2O3/c1-2-13(22-15-8-4-3-7-14(15)17)10-18-16(21)19-9-5-6-12(20)11-19/h3-4,7-8,12-13,20H,2,5-6,9-11H2,1H3,(H,18,21). The summed E-state index contributed by atoms with van der Waals surface area (Å²) in [6, 6.07) is 6.01. The summed E-state index contributed by atoms with van der Waals surface area (Å²) in [6.07, 6.45) is 1.44. The fourth-order valence-electron chi connectivity index (χ4n) is 2.44. The molecule has 2 atom stereocenters. The second kappa shape index (κ2) is 7.98. The third-order valence-electron chi connectivity index (χ3n) is 3.75. The van der Waals surface area contributed by atoms with Crippen molar-refractivity contribution >= 4 is 6.03 Å². The Balaban J connectivity index is 1.83. The van der Waals surface area contributed by atoms with E-state index in [1.807, 2.05) is 6.92 Å². The number of urea groups is 1. The summed E-state index contributed by atoms with van der Waals surface area (Å²) in [6.45, 7) is 3.23. The highest BCUT2D eigenvalue weighted by atomic mass is 19.1. The van der Waals surface area contributed by atoms with Crippen molar-refractivity contribution in [3.63, 3.8) is 0 Å². The third kappa shape index (κ3) is 4.59. The molecule has 5 nitrogen and oxygen atoms in total. The van der Waals surface area contributed by atoms with Gasteiger partial charge in [0, 0.05) is 13.1 Å². The van der Waals surface area contributed by atoms with Crippen molar-refractivity contribution in [3.8, 4) is 5.75 Å². The molecule has 1 fully saturated rings. The zero-order valence-corrected chi connectivity index (χ0v) is 12.8. The Morgan fingerprint density at radius 3 is 3.00 bits per heavy atom. The number of aliphatic hydroxyl groups is 1. The van der Waals surface area contributed by atoms with Crippen LogP contribution in [0.2, 0.25) is 0 Å². The number of ether oxygens (including phenoxy) is 1. The van der Waals surface area contributed by atoms with Crippen LogP contribution in [0.25, 0.3) is 0 Å². The van der Waals surface area contributed by atoms with Gasteiger partial charge in [-0.05, 0) is 31.4 Å². The van der Waals surface area contributed by atoms with E-state index in [2.05, 4.69) is 5.32 Å². The van der Waals surface area contributed by atoms with E-state index in [9.17, 15) is 14.3 Å². The molecule has 1 aromatic rings. The summed E-state index contributed by atoms with van der Waals surface area (Å²) < 4.78 is 19.2. The first-order valence-corrected chi connectivity index (χ1v) is 7.72. The number of aliphatic hydroxyl groups excluding tert-OH is 1. The molecule has 6 heteroatoms. The molecule has 0 saturated carbocycles. The Labute approximate surface area is 130 Å². The van der Waals surface area contributed by atoms with Gasteiger partial charge in [0.15, 0.2) is 11.6 Å². The maximum Gasteiger partial charge on any atom is 0.317 e. The molecule has 1 aliphatic rings. The van der Waals surface area contributed by atoms with E-state index in [0.29, 0.717) is 26.1 Å². The van der Waals surface area contributed by atoms with E-state index >= 15 is 0 Å². The molecule has 0 aliphatic carbocycles. The average Bonchev–Trinajstić information content (AvgIpc) is 2.52. The van der Waals surface area contributed by atoms with Gasteiger partial charge in [0.1, 0.15) is 6.10 Å². The van der Waals surface area contributed by atoms with Gasteiger partial charge in [0.05, 0.1) is 12.6 Å². The number of amides is 2. The molecule has 1 aliphatic heterocycles. The van der Waals surface area contributed by atoms with E-state index in [0.717, 1.165) is 12.8 Å². The number of hydrogen-bond donors (Lipinski definition) is 2. The lowest BCUT2D eigenvalue weighted by Gasteiger charge is -2.30. The Morgan fingerprint density at radius 1 is 1.55 bits per heavy atom. The van der Waals surface area contributed by atoms with Crippen LogP contribution in [0.1, 0.15) is 26.2 Å². The van der Waals surface area contributed by atoms with Crippen molar-refractivity contribution in [3.05, 3.63) is 30.1 Å². The molecule has 0 aromatic heterocycles. The second-order valence-electron chi connectivity index (χ2n) is 5.51. The fourth-order valence-corrected chi connectivity index (χ4v) is 2.44. The number of β-amino-alcohol motifs (C(OH)–C–C–N with tert-alkyl or cyclic N) is 1. The molecular formula is C16H23FN2O3. The summed E-state index contributed by atoms with van der Waals surface area (Å²) in [5.74, 6) is -0.219. The summed E-state index contributed by atoms with van der Waals surface area (Å²) in [5, 5.41) is 12.4. The number of carbonyl (C=O) groups is 1. The number of hydrogen-bond acceptors (Lipinski definition) is 3. The van der Waals surface area contributed by atoms with Gasteiger partial charge in [-0.1, -0.05) is 19.1 Å². The predicted octanol–water partition coefficient (Wildman–Crippen LogP) is 2.15. The molecule has 0 spiro atoms. The Morgan fingerprint density at radius 2 is 2.32 bits per heavy atom. The highest BCUT2D eigenvalue weighted by molar-refractivity contribution is 5.74. The van der Waals surface area contributed by atoms with Gasteiger partial charge in [-0.25, -0.2) is 9.18 Å². The van der Waals surface area contributed by atoms with Crippen LogP contribution in [-0.2, 0) is 0 Å². The normalized spacial score (nSPS) is 19.6. The van der Waals surface area contributed by atoms with Crippen LogP contribution in [0.15, 0.2) is 24.3 Å². The molecule has 2 N–H and O–H groups in total. The van der Waals surface area contributed by atoms with Gasteiger partial charge >= 0.3 is 6.03 Å². The first-order chi connectivity index (χ1) is 10.6. The number of halogens is 1. The number of nitrogens with one attached hydrogen (secondary N) is 1. The van der Waals surface area contributed by atoms with E-state index in [1.54, 1.807) is 23.1 Å². The van der Waals surface area contributed by atoms with Crippen molar-refractivity contribution in [1.82, 2.24) is 10.2 Å². The summed E-state index contributed by atoms with van der Waals surface area (Å²) in [4.78, 5) is 13.7. The summed E-state index contributed by atoms with van der Waals surface area (Å²) >= 11 is 0. The maximum atomic E-state index is 13.6. The van der Waals surface area contributed by atoms with Crippen molar-refractivity contribution in [2.75, 3.05) is 19.6 Å². The molecule has 0 bridgehead atoms. The van der Waals surface area contributed by atoms with Gasteiger partial charge in [-0.15, -0.1) is 0 Å². The Hall–Kier alpha value is -1.82. The van der Waals surface area contributed by atoms with Gasteiger partial charge in [-0.2, -0.15) is 0 Å². The smallest absolute Gasteiger partial charge is 0.317 e. The van der Waals surface area contributed by atoms with Crippen molar-refractivity contribution in [1.29, 1.82) is 0 Å². The highest BCUT2D eigenvalue weighted by Gasteiger charge is 2.22. The van der Waals surface area contributed by atoms with Gasteiger partial charge in [-0.3, -0.25) is 0 Å². The molecule has 1 saturated heterocycles. The number of rotatable bonds is 5. The summed E-state index contributed by atoms with van der Waals surface area (Å²) in [7, 11) is 0. The minimum atomic E-state index is -0.448. The predicted molar refractivity (Wildman–Crippen MR) is 81.3 cm³/mol. The van der Waals surface area contributed by atoms with Crippen LogP contribution in [0.5, 0.6) is 5.75 Å².